The van der Waals surface area contributed by atoms with Crippen LogP contribution in [-0.2, 0) is 11.2 Å². The van der Waals surface area contributed by atoms with Crippen molar-refractivity contribution in [3.8, 4) is 0 Å². The monoisotopic (exact) mass is 240 g/mol. The third-order valence-electron chi connectivity index (χ3n) is 2.12. The smallest absolute Gasteiger partial charge is 0.311 e. The van der Waals surface area contributed by atoms with E-state index in [-0.39, 0.29) is 18.3 Å². The number of aryl methyl sites for hydroxylation is 1. The number of carbonyl (C=O) groups excluding carboxylic acids is 2. The summed E-state index contributed by atoms with van der Waals surface area (Å²) in [6, 6.07) is 0. The van der Waals surface area contributed by atoms with Crippen molar-refractivity contribution in [1.29, 1.82) is 0 Å². The molecular weight excluding hydrogens is 224 g/mol. The van der Waals surface area contributed by atoms with Crippen LogP contribution in [0.4, 0.5) is 0 Å². The lowest BCUT2D eigenvalue weighted by Gasteiger charge is -2.12. The van der Waals surface area contributed by atoms with Crippen molar-refractivity contribution in [2.24, 2.45) is 0 Å². The predicted molar refractivity (Wildman–Crippen MR) is 59.3 cm³/mol. The molecule has 0 spiro atoms. The number of rotatable bonds is 5. The minimum Gasteiger partial charge on any atom is -0.417 e. The van der Waals surface area contributed by atoms with Gasteiger partial charge in [0, 0.05) is 20.5 Å². The first-order valence-corrected chi connectivity index (χ1v) is 5.36. The Hall–Kier alpha value is -1.92. The van der Waals surface area contributed by atoms with Gasteiger partial charge in [-0.3, -0.25) is 9.59 Å². The Kier molecular flexibility index (Phi) is 4.62. The van der Waals surface area contributed by atoms with E-state index in [0.717, 1.165) is 6.42 Å². The van der Waals surface area contributed by atoms with Gasteiger partial charge in [-0.15, -0.1) is 10.2 Å². The summed E-state index contributed by atoms with van der Waals surface area (Å²) in [7, 11) is 3.01. The van der Waals surface area contributed by atoms with E-state index in [1.165, 1.54) is 19.0 Å². The zero-order valence-corrected chi connectivity index (χ0v) is 10.2. The van der Waals surface area contributed by atoms with Gasteiger partial charge in [-0.1, -0.05) is 6.92 Å². The highest BCUT2D eigenvalue weighted by atomic mass is 16.4. The average molecular weight is 240 g/mol. The molecule has 0 saturated carbocycles. The Bertz CT molecular complexity index is 402. The molecule has 0 aromatic carbocycles. The maximum absolute atomic E-state index is 11.8. The summed E-state index contributed by atoms with van der Waals surface area (Å²) < 4.78 is 5.18. The molecule has 0 saturated heterocycles. The third kappa shape index (κ3) is 3.54. The summed E-state index contributed by atoms with van der Waals surface area (Å²) in [5.74, 6) is -0.360. The topological polar surface area (TPSA) is 88.3 Å². The predicted octanol–water partition coefficient (Wildman–Crippen LogP) is -0.160. The first kappa shape index (κ1) is 13.1. The molecule has 0 radical (unpaired) electrons. The summed E-state index contributed by atoms with van der Waals surface area (Å²) in [6.45, 7) is 1.93. The van der Waals surface area contributed by atoms with Crippen LogP contribution in [0.2, 0.25) is 0 Å². The summed E-state index contributed by atoms with van der Waals surface area (Å²) in [6.07, 6.45) is 1.50. The first-order valence-electron chi connectivity index (χ1n) is 5.36. The average Bonchev–Trinajstić information content (AvgIpc) is 2.76. The van der Waals surface area contributed by atoms with Crippen molar-refractivity contribution in [2.75, 3.05) is 20.6 Å². The normalized spacial score (nSPS) is 10.1. The molecular formula is C10H16N4O3. The van der Waals surface area contributed by atoms with E-state index in [1.54, 1.807) is 0 Å². The van der Waals surface area contributed by atoms with Gasteiger partial charge in [-0.05, 0) is 6.42 Å². The highest BCUT2D eigenvalue weighted by Crippen LogP contribution is 2.05. The van der Waals surface area contributed by atoms with Crippen molar-refractivity contribution in [3.63, 3.8) is 0 Å². The highest BCUT2D eigenvalue weighted by Gasteiger charge is 2.20. The molecule has 1 heterocycles. The quantitative estimate of drug-likeness (QED) is 0.772. The van der Waals surface area contributed by atoms with Crippen molar-refractivity contribution in [3.05, 3.63) is 11.8 Å². The summed E-state index contributed by atoms with van der Waals surface area (Å²) in [5.41, 5.74) is 0. The third-order valence-corrected chi connectivity index (χ3v) is 2.12. The number of nitrogens with one attached hydrogen (secondary N) is 1. The Morgan fingerprint density at radius 1 is 1.41 bits per heavy atom. The number of amides is 2. The van der Waals surface area contributed by atoms with Crippen molar-refractivity contribution in [1.82, 2.24) is 20.4 Å². The molecule has 1 aromatic rings. The Labute approximate surface area is 99.2 Å². The van der Waals surface area contributed by atoms with E-state index in [4.69, 9.17) is 4.42 Å². The van der Waals surface area contributed by atoms with Gasteiger partial charge in [0.2, 0.25) is 11.8 Å². The SMILES string of the molecule is CCCc1nnc(C(=O)N(C)CC(=O)NC)o1. The van der Waals surface area contributed by atoms with Crippen molar-refractivity contribution >= 4 is 11.8 Å². The number of carbonyl (C=O) groups is 2. The van der Waals surface area contributed by atoms with Gasteiger partial charge in [0.25, 0.3) is 0 Å². The lowest BCUT2D eigenvalue weighted by atomic mass is 10.3. The van der Waals surface area contributed by atoms with E-state index in [2.05, 4.69) is 15.5 Å². The Balaban J connectivity index is 2.64. The second-order valence-electron chi connectivity index (χ2n) is 3.59. The van der Waals surface area contributed by atoms with Gasteiger partial charge >= 0.3 is 11.8 Å². The van der Waals surface area contributed by atoms with Crippen LogP contribution in [0.25, 0.3) is 0 Å². The zero-order chi connectivity index (χ0) is 12.8. The molecule has 1 rings (SSSR count). The fourth-order valence-electron chi connectivity index (χ4n) is 1.18. The maximum Gasteiger partial charge on any atom is 0.311 e. The van der Waals surface area contributed by atoms with Crippen LogP contribution in [0.3, 0.4) is 0 Å². The van der Waals surface area contributed by atoms with Crippen LogP contribution in [0.5, 0.6) is 0 Å². The largest absolute Gasteiger partial charge is 0.417 e. The molecule has 0 unspecified atom stereocenters. The molecule has 0 aliphatic rings. The van der Waals surface area contributed by atoms with Crippen LogP contribution in [0.15, 0.2) is 4.42 Å². The van der Waals surface area contributed by atoms with Gasteiger partial charge in [0.05, 0.1) is 6.54 Å². The minimum absolute atomic E-state index is 0.0408. The molecule has 0 aliphatic heterocycles. The van der Waals surface area contributed by atoms with Gasteiger partial charge in [0.15, 0.2) is 0 Å². The molecule has 1 N–H and O–H groups in total. The van der Waals surface area contributed by atoms with E-state index in [1.807, 2.05) is 6.92 Å². The molecule has 7 heteroatoms. The van der Waals surface area contributed by atoms with Crippen LogP contribution >= 0.6 is 0 Å². The molecule has 0 bridgehead atoms. The molecule has 0 fully saturated rings. The molecule has 1 aromatic heterocycles. The Morgan fingerprint density at radius 3 is 2.71 bits per heavy atom. The number of nitrogens with zero attached hydrogens (tertiary/aromatic N) is 3. The zero-order valence-electron chi connectivity index (χ0n) is 10.2. The minimum atomic E-state index is -0.455. The fourth-order valence-corrected chi connectivity index (χ4v) is 1.18. The van der Waals surface area contributed by atoms with Crippen LogP contribution in [-0.4, -0.2) is 47.6 Å². The summed E-state index contributed by atoms with van der Waals surface area (Å²) in [4.78, 5) is 24.1. The van der Waals surface area contributed by atoms with Gasteiger partial charge < -0.3 is 14.6 Å². The summed E-state index contributed by atoms with van der Waals surface area (Å²) >= 11 is 0. The molecule has 7 nitrogen and oxygen atoms in total. The number of aromatic nitrogens is 2. The van der Waals surface area contributed by atoms with E-state index >= 15 is 0 Å². The molecule has 0 aliphatic carbocycles. The number of likely N-dealkylation sites (N-methyl/N-ethyl adjacent to an activating group) is 2. The standard InChI is InChI=1S/C10H16N4O3/c1-4-5-8-12-13-9(17-8)10(16)14(3)6-7(15)11-2/h4-6H2,1-3H3,(H,11,15). The molecule has 0 atom stereocenters. The molecule has 94 valence electrons. The lowest BCUT2D eigenvalue weighted by molar-refractivity contribution is -0.121. The first-order chi connectivity index (χ1) is 8.08. The highest BCUT2D eigenvalue weighted by molar-refractivity contribution is 5.92. The molecule has 17 heavy (non-hydrogen) atoms. The Morgan fingerprint density at radius 2 is 2.12 bits per heavy atom. The van der Waals surface area contributed by atoms with E-state index in [0.29, 0.717) is 12.3 Å². The van der Waals surface area contributed by atoms with Crippen molar-refractivity contribution < 1.29 is 14.0 Å². The van der Waals surface area contributed by atoms with Gasteiger partial charge in [-0.25, -0.2) is 0 Å². The van der Waals surface area contributed by atoms with Crippen LogP contribution < -0.4 is 5.32 Å². The second-order valence-corrected chi connectivity index (χ2v) is 3.59. The molecule has 2 amide bonds. The summed E-state index contributed by atoms with van der Waals surface area (Å²) in [5, 5.41) is 9.82. The second kappa shape index (κ2) is 5.97. The fraction of sp³-hybridized carbons (Fsp3) is 0.600. The van der Waals surface area contributed by atoms with Crippen LogP contribution in [0, 0.1) is 0 Å². The van der Waals surface area contributed by atoms with Crippen molar-refractivity contribution in [2.45, 2.75) is 19.8 Å². The lowest BCUT2D eigenvalue weighted by Crippen LogP contribution is -2.37. The van der Waals surface area contributed by atoms with Crippen LogP contribution in [0.1, 0.15) is 29.9 Å². The number of hydrogen-bond acceptors (Lipinski definition) is 5. The van der Waals surface area contributed by atoms with E-state index < -0.39 is 5.91 Å². The number of hydrogen-bond donors (Lipinski definition) is 1. The van der Waals surface area contributed by atoms with E-state index in [9.17, 15) is 9.59 Å². The van der Waals surface area contributed by atoms with Gasteiger partial charge in [0.1, 0.15) is 0 Å². The van der Waals surface area contributed by atoms with Gasteiger partial charge in [-0.2, -0.15) is 0 Å². The maximum atomic E-state index is 11.8.